The van der Waals surface area contributed by atoms with Gasteiger partial charge in [0.1, 0.15) is 5.75 Å². The van der Waals surface area contributed by atoms with Crippen molar-refractivity contribution in [2.24, 2.45) is 5.92 Å². The Labute approximate surface area is 133 Å². The number of hydrogen-bond donors (Lipinski definition) is 4. The molecule has 2 fully saturated rings. The molecule has 1 aromatic rings. The number of halogens is 2. The minimum atomic E-state index is -0.161. The lowest BCUT2D eigenvalue weighted by molar-refractivity contribution is -0.125. The van der Waals surface area contributed by atoms with E-state index in [0.29, 0.717) is 28.6 Å². The molecular weight excluding hydrogens is 313 g/mol. The van der Waals surface area contributed by atoms with Crippen molar-refractivity contribution in [1.29, 1.82) is 0 Å². The van der Waals surface area contributed by atoms with Crippen molar-refractivity contribution in [3.63, 3.8) is 0 Å². The molecule has 0 bridgehead atoms. The summed E-state index contributed by atoms with van der Waals surface area (Å²) >= 11 is 12.2. The van der Waals surface area contributed by atoms with Gasteiger partial charge in [-0.05, 0) is 18.6 Å². The number of phenols is 1. The van der Waals surface area contributed by atoms with Crippen molar-refractivity contribution in [2.45, 2.75) is 18.5 Å². The summed E-state index contributed by atoms with van der Waals surface area (Å²) in [6.07, 6.45) is 0.597. The number of benzene rings is 1. The molecule has 0 aromatic heterocycles. The van der Waals surface area contributed by atoms with E-state index in [-0.39, 0.29) is 29.7 Å². The number of hydrogen-bond acceptors (Lipinski definition) is 4. The number of amides is 1. The molecule has 7 heteroatoms. The van der Waals surface area contributed by atoms with Gasteiger partial charge in [-0.2, -0.15) is 0 Å². The van der Waals surface area contributed by atoms with Crippen LogP contribution in [0.2, 0.25) is 10.0 Å². The van der Waals surface area contributed by atoms with Crippen LogP contribution in [0, 0.1) is 5.92 Å². The van der Waals surface area contributed by atoms with Gasteiger partial charge in [0.2, 0.25) is 5.91 Å². The normalized spacial score (nSPS) is 25.6. The van der Waals surface area contributed by atoms with Crippen LogP contribution < -0.4 is 16.0 Å². The monoisotopic (exact) mass is 329 g/mol. The maximum absolute atomic E-state index is 12.2. The van der Waals surface area contributed by atoms with Crippen molar-refractivity contribution < 1.29 is 9.90 Å². The highest BCUT2D eigenvalue weighted by atomic mass is 35.5. The van der Waals surface area contributed by atoms with Crippen LogP contribution in [0.25, 0.3) is 0 Å². The number of aromatic hydroxyl groups is 1. The Morgan fingerprint density at radius 2 is 2.05 bits per heavy atom. The van der Waals surface area contributed by atoms with E-state index in [1.54, 1.807) is 6.07 Å². The molecule has 5 nitrogen and oxygen atoms in total. The molecule has 1 amide bonds. The van der Waals surface area contributed by atoms with Gasteiger partial charge in [0, 0.05) is 31.2 Å². The molecule has 0 aliphatic carbocycles. The maximum atomic E-state index is 12.2. The van der Waals surface area contributed by atoms with Crippen LogP contribution in [0.4, 0.5) is 0 Å². The van der Waals surface area contributed by atoms with Crippen LogP contribution in [0.1, 0.15) is 18.0 Å². The van der Waals surface area contributed by atoms with Crippen molar-refractivity contribution in [3.8, 4) is 5.75 Å². The number of carbonyl (C=O) groups excluding carboxylic acids is 1. The highest BCUT2D eigenvalue weighted by molar-refractivity contribution is 6.42. The molecular formula is C14H17Cl2N3O2. The molecule has 1 aromatic carbocycles. The van der Waals surface area contributed by atoms with Crippen LogP contribution >= 0.6 is 23.2 Å². The van der Waals surface area contributed by atoms with Crippen molar-refractivity contribution in [2.75, 3.05) is 19.6 Å². The fraction of sp³-hybridized carbons (Fsp3) is 0.500. The van der Waals surface area contributed by atoms with E-state index >= 15 is 0 Å². The lowest BCUT2D eigenvalue weighted by Gasteiger charge is -2.29. The maximum Gasteiger partial charge on any atom is 0.224 e. The van der Waals surface area contributed by atoms with E-state index in [0.717, 1.165) is 13.1 Å². The standard InChI is InChI=1S/C14H17Cl2N3O2/c15-9-1-2-11(20)12(13(9)16)10-3-7(4-18-10)14(21)19-8-5-17-6-8/h1-2,7-8,10,17-18,20H,3-6H2,(H,19,21)/t7-,10?/m1/s1. The van der Waals surface area contributed by atoms with Crippen molar-refractivity contribution in [1.82, 2.24) is 16.0 Å². The third-order valence-corrected chi connectivity index (χ3v) is 4.91. The van der Waals surface area contributed by atoms with Crippen LogP contribution in [-0.4, -0.2) is 36.7 Å². The van der Waals surface area contributed by atoms with E-state index in [9.17, 15) is 9.90 Å². The van der Waals surface area contributed by atoms with E-state index in [4.69, 9.17) is 23.2 Å². The summed E-state index contributed by atoms with van der Waals surface area (Å²) in [6.45, 7) is 2.23. The fourth-order valence-corrected chi connectivity index (χ4v) is 3.21. The smallest absolute Gasteiger partial charge is 0.224 e. The minimum absolute atomic E-state index is 0.0501. The zero-order valence-corrected chi connectivity index (χ0v) is 12.8. The molecule has 21 heavy (non-hydrogen) atoms. The minimum Gasteiger partial charge on any atom is -0.508 e. The molecule has 0 radical (unpaired) electrons. The number of phenolic OH excluding ortho intramolecular Hbond substituents is 1. The lowest BCUT2D eigenvalue weighted by atomic mass is 9.98. The summed E-state index contributed by atoms with van der Waals surface area (Å²) < 4.78 is 0. The van der Waals surface area contributed by atoms with Gasteiger partial charge in [0.25, 0.3) is 0 Å². The first-order valence-corrected chi connectivity index (χ1v) is 7.73. The second-order valence-corrected chi connectivity index (χ2v) is 6.34. The van der Waals surface area contributed by atoms with E-state index < -0.39 is 0 Å². The molecule has 2 saturated heterocycles. The van der Waals surface area contributed by atoms with Gasteiger partial charge in [0.15, 0.2) is 0 Å². The van der Waals surface area contributed by atoms with Gasteiger partial charge in [-0.15, -0.1) is 0 Å². The predicted molar refractivity (Wildman–Crippen MR) is 81.8 cm³/mol. The van der Waals surface area contributed by atoms with Gasteiger partial charge < -0.3 is 21.1 Å². The average molecular weight is 330 g/mol. The van der Waals surface area contributed by atoms with Gasteiger partial charge >= 0.3 is 0 Å². The topological polar surface area (TPSA) is 73.4 Å². The first-order valence-electron chi connectivity index (χ1n) is 6.97. The number of carbonyl (C=O) groups is 1. The summed E-state index contributed by atoms with van der Waals surface area (Å²) in [4.78, 5) is 12.2. The molecule has 1 unspecified atom stereocenters. The number of nitrogens with one attached hydrogen (secondary N) is 3. The molecule has 2 heterocycles. The van der Waals surface area contributed by atoms with E-state index in [1.807, 2.05) is 0 Å². The largest absolute Gasteiger partial charge is 0.508 e. The van der Waals surface area contributed by atoms with Gasteiger partial charge in [-0.1, -0.05) is 23.2 Å². The molecule has 2 atom stereocenters. The number of rotatable bonds is 3. The molecule has 2 aliphatic rings. The second-order valence-electron chi connectivity index (χ2n) is 5.55. The zero-order chi connectivity index (χ0) is 15.0. The first-order chi connectivity index (χ1) is 10.1. The third kappa shape index (κ3) is 2.97. The molecule has 4 N–H and O–H groups in total. The van der Waals surface area contributed by atoms with E-state index in [2.05, 4.69) is 16.0 Å². The average Bonchev–Trinajstić information content (AvgIpc) is 2.88. The molecule has 3 rings (SSSR count). The summed E-state index contributed by atoms with van der Waals surface area (Å²) in [7, 11) is 0. The predicted octanol–water partition coefficient (Wildman–Crippen LogP) is 1.44. The van der Waals surface area contributed by atoms with Crippen LogP contribution in [0.15, 0.2) is 12.1 Å². The van der Waals surface area contributed by atoms with E-state index in [1.165, 1.54) is 6.07 Å². The highest BCUT2D eigenvalue weighted by Gasteiger charge is 2.34. The Bertz CT molecular complexity index is 563. The van der Waals surface area contributed by atoms with Gasteiger partial charge in [-0.3, -0.25) is 4.79 Å². The molecule has 0 saturated carbocycles. The first kappa shape index (κ1) is 14.9. The fourth-order valence-electron chi connectivity index (χ4n) is 2.75. The lowest BCUT2D eigenvalue weighted by Crippen LogP contribution is -2.58. The third-order valence-electron chi connectivity index (χ3n) is 4.09. The summed E-state index contributed by atoms with van der Waals surface area (Å²) in [5.41, 5.74) is 0.574. The van der Waals surface area contributed by atoms with Gasteiger partial charge in [0.05, 0.1) is 22.0 Å². The second kappa shape index (κ2) is 6.01. The Hall–Kier alpha value is -1.01. The zero-order valence-electron chi connectivity index (χ0n) is 11.3. The Kier molecular flexibility index (Phi) is 4.26. The van der Waals surface area contributed by atoms with Crippen LogP contribution in [0.3, 0.4) is 0 Å². The molecule has 0 spiro atoms. The Balaban J connectivity index is 1.69. The quantitative estimate of drug-likeness (QED) is 0.677. The van der Waals surface area contributed by atoms with Gasteiger partial charge in [-0.25, -0.2) is 0 Å². The highest BCUT2D eigenvalue weighted by Crippen LogP contribution is 2.40. The molecule has 2 aliphatic heterocycles. The summed E-state index contributed by atoms with van der Waals surface area (Å²) in [5.74, 6) is 0.0327. The van der Waals surface area contributed by atoms with Crippen molar-refractivity contribution >= 4 is 29.1 Å². The molecule has 114 valence electrons. The van der Waals surface area contributed by atoms with Crippen LogP contribution in [-0.2, 0) is 4.79 Å². The summed E-state index contributed by atoms with van der Waals surface area (Å²) in [5, 5.41) is 20.1. The van der Waals surface area contributed by atoms with Crippen molar-refractivity contribution in [3.05, 3.63) is 27.7 Å². The Morgan fingerprint density at radius 1 is 1.29 bits per heavy atom. The van der Waals surface area contributed by atoms with Crippen LogP contribution in [0.5, 0.6) is 5.75 Å². The summed E-state index contributed by atoms with van der Waals surface area (Å²) in [6, 6.07) is 3.16. The SMILES string of the molecule is O=C(NC1CNC1)[C@H]1CNC(c2c(O)ccc(Cl)c2Cl)C1. The Morgan fingerprint density at radius 3 is 2.71 bits per heavy atom.